The van der Waals surface area contributed by atoms with Crippen LogP contribution in [0, 0.1) is 12.8 Å². The van der Waals surface area contributed by atoms with Crippen molar-refractivity contribution in [2.45, 2.75) is 32.6 Å². The molecule has 2 rings (SSSR count). The summed E-state index contributed by atoms with van der Waals surface area (Å²) in [5.74, 6) is 0.548. The number of amides is 1. The molecule has 0 bridgehead atoms. The maximum absolute atomic E-state index is 12.8. The Bertz CT molecular complexity index is 433. The van der Waals surface area contributed by atoms with E-state index in [1.54, 1.807) is 0 Å². The Morgan fingerprint density at radius 1 is 1.10 bits per heavy atom. The summed E-state index contributed by atoms with van der Waals surface area (Å²) >= 11 is 0. The van der Waals surface area contributed by atoms with Crippen molar-refractivity contribution in [2.75, 3.05) is 32.1 Å². The zero-order chi connectivity index (χ0) is 14.5. The highest BCUT2D eigenvalue weighted by molar-refractivity contribution is 5.95. The Kier molecular flexibility index (Phi) is 5.18. The number of rotatable bonds is 5. The molecule has 0 aromatic heterocycles. The summed E-state index contributed by atoms with van der Waals surface area (Å²) in [6.45, 7) is 3.74. The fourth-order valence-electron chi connectivity index (χ4n) is 2.78. The van der Waals surface area contributed by atoms with Gasteiger partial charge in [-0.2, -0.15) is 0 Å². The lowest BCUT2D eigenvalue weighted by atomic mass is 10.1. The molecule has 0 atom stereocenters. The van der Waals surface area contributed by atoms with Crippen LogP contribution in [-0.2, 0) is 4.79 Å². The van der Waals surface area contributed by atoms with Crippen molar-refractivity contribution < 1.29 is 4.79 Å². The molecule has 1 fully saturated rings. The second-order valence-corrected chi connectivity index (χ2v) is 6.11. The average Bonchev–Trinajstić information content (AvgIpc) is 2.94. The van der Waals surface area contributed by atoms with E-state index < -0.39 is 0 Å². The fraction of sp³-hybridized carbons (Fsp3) is 0.588. The quantitative estimate of drug-likeness (QED) is 0.824. The van der Waals surface area contributed by atoms with Crippen LogP contribution in [0.15, 0.2) is 24.3 Å². The van der Waals surface area contributed by atoms with Gasteiger partial charge in [0.15, 0.2) is 0 Å². The summed E-state index contributed by atoms with van der Waals surface area (Å²) in [6, 6.07) is 8.30. The predicted octanol–water partition coefficient (Wildman–Crippen LogP) is 3.08. The van der Waals surface area contributed by atoms with Gasteiger partial charge in [-0.05, 0) is 46.0 Å². The van der Waals surface area contributed by atoms with Crippen LogP contribution in [0.3, 0.4) is 0 Å². The van der Waals surface area contributed by atoms with Crippen LogP contribution < -0.4 is 4.90 Å². The molecule has 0 saturated heterocycles. The van der Waals surface area contributed by atoms with Crippen molar-refractivity contribution in [3.05, 3.63) is 29.8 Å². The lowest BCUT2D eigenvalue weighted by Crippen LogP contribution is -2.39. The van der Waals surface area contributed by atoms with Crippen LogP contribution in [0.2, 0.25) is 0 Å². The Morgan fingerprint density at radius 2 is 1.70 bits per heavy atom. The highest BCUT2D eigenvalue weighted by Crippen LogP contribution is 2.28. The van der Waals surface area contributed by atoms with Gasteiger partial charge in [0.1, 0.15) is 0 Å². The second-order valence-electron chi connectivity index (χ2n) is 6.11. The van der Waals surface area contributed by atoms with Crippen molar-refractivity contribution in [1.29, 1.82) is 0 Å². The molecule has 0 unspecified atom stereocenters. The summed E-state index contributed by atoms with van der Waals surface area (Å²) in [5, 5.41) is 0. The Hall–Kier alpha value is -1.35. The van der Waals surface area contributed by atoms with E-state index in [-0.39, 0.29) is 5.92 Å². The van der Waals surface area contributed by atoms with Crippen LogP contribution in [0.5, 0.6) is 0 Å². The SMILES string of the molecule is Cc1ccc(N(CCN(C)C)C(=O)C2CCCC2)cc1. The number of aryl methyl sites for hydroxylation is 1. The highest BCUT2D eigenvalue weighted by atomic mass is 16.2. The van der Waals surface area contributed by atoms with Gasteiger partial charge in [-0.1, -0.05) is 30.5 Å². The Morgan fingerprint density at radius 3 is 2.25 bits per heavy atom. The molecular weight excluding hydrogens is 248 g/mol. The fourth-order valence-corrected chi connectivity index (χ4v) is 2.78. The number of hydrogen-bond acceptors (Lipinski definition) is 2. The standard InChI is InChI=1S/C17H26N2O/c1-14-8-10-16(11-9-14)19(13-12-18(2)3)17(20)15-6-4-5-7-15/h8-11,15H,4-7,12-13H2,1-3H3. The van der Waals surface area contributed by atoms with E-state index in [2.05, 4.69) is 36.1 Å². The smallest absolute Gasteiger partial charge is 0.230 e. The van der Waals surface area contributed by atoms with Crippen LogP contribution in [0.4, 0.5) is 5.69 Å². The third-order valence-corrected chi connectivity index (χ3v) is 4.09. The van der Waals surface area contributed by atoms with E-state index >= 15 is 0 Å². The monoisotopic (exact) mass is 274 g/mol. The predicted molar refractivity (Wildman–Crippen MR) is 84.0 cm³/mol. The first-order valence-electron chi connectivity index (χ1n) is 7.60. The van der Waals surface area contributed by atoms with Gasteiger partial charge in [-0.3, -0.25) is 4.79 Å². The molecule has 110 valence electrons. The van der Waals surface area contributed by atoms with Gasteiger partial charge >= 0.3 is 0 Å². The normalized spacial score (nSPS) is 15.8. The topological polar surface area (TPSA) is 23.6 Å². The molecule has 3 heteroatoms. The van der Waals surface area contributed by atoms with Gasteiger partial charge in [0.25, 0.3) is 0 Å². The van der Waals surface area contributed by atoms with Gasteiger partial charge in [0.05, 0.1) is 0 Å². The summed E-state index contributed by atoms with van der Waals surface area (Å²) in [6.07, 6.45) is 4.52. The van der Waals surface area contributed by atoms with Crippen LogP contribution in [-0.4, -0.2) is 38.0 Å². The molecule has 0 spiro atoms. The molecule has 1 aliphatic carbocycles. The molecule has 20 heavy (non-hydrogen) atoms. The van der Waals surface area contributed by atoms with Crippen LogP contribution in [0.1, 0.15) is 31.2 Å². The number of nitrogens with zero attached hydrogens (tertiary/aromatic N) is 2. The van der Waals surface area contributed by atoms with Gasteiger partial charge in [0, 0.05) is 24.7 Å². The lowest BCUT2D eigenvalue weighted by molar-refractivity contribution is -0.122. The molecule has 0 aliphatic heterocycles. The van der Waals surface area contributed by atoms with Gasteiger partial charge < -0.3 is 9.80 Å². The minimum absolute atomic E-state index is 0.235. The average molecular weight is 274 g/mol. The Balaban J connectivity index is 2.14. The number of carbonyl (C=O) groups excluding carboxylic acids is 1. The molecule has 3 nitrogen and oxygen atoms in total. The maximum atomic E-state index is 12.8. The van der Waals surface area contributed by atoms with Crippen molar-refractivity contribution in [3.8, 4) is 0 Å². The van der Waals surface area contributed by atoms with E-state index in [4.69, 9.17) is 0 Å². The first-order valence-corrected chi connectivity index (χ1v) is 7.60. The number of anilines is 1. The van der Waals surface area contributed by atoms with E-state index in [1.807, 2.05) is 19.0 Å². The van der Waals surface area contributed by atoms with Crippen molar-refractivity contribution in [1.82, 2.24) is 4.90 Å². The third-order valence-electron chi connectivity index (χ3n) is 4.09. The van der Waals surface area contributed by atoms with E-state index in [1.165, 1.54) is 18.4 Å². The largest absolute Gasteiger partial charge is 0.311 e. The number of carbonyl (C=O) groups is 1. The number of likely N-dealkylation sites (N-methyl/N-ethyl adjacent to an activating group) is 1. The summed E-state index contributed by atoms with van der Waals surface area (Å²) in [4.78, 5) is 16.9. The molecule has 1 aromatic rings. The zero-order valence-electron chi connectivity index (χ0n) is 12.9. The number of benzene rings is 1. The van der Waals surface area contributed by atoms with Crippen LogP contribution >= 0.6 is 0 Å². The van der Waals surface area contributed by atoms with Gasteiger partial charge in [-0.15, -0.1) is 0 Å². The molecule has 0 heterocycles. The summed E-state index contributed by atoms with van der Waals surface area (Å²) < 4.78 is 0. The summed E-state index contributed by atoms with van der Waals surface area (Å²) in [5.41, 5.74) is 2.27. The minimum atomic E-state index is 0.235. The third kappa shape index (κ3) is 3.83. The number of hydrogen-bond donors (Lipinski definition) is 0. The van der Waals surface area contributed by atoms with Crippen LogP contribution in [0.25, 0.3) is 0 Å². The lowest BCUT2D eigenvalue weighted by Gasteiger charge is -2.27. The molecular formula is C17H26N2O. The second kappa shape index (κ2) is 6.89. The zero-order valence-corrected chi connectivity index (χ0v) is 12.9. The van der Waals surface area contributed by atoms with Crippen molar-refractivity contribution in [2.24, 2.45) is 5.92 Å². The van der Waals surface area contributed by atoms with Gasteiger partial charge in [-0.25, -0.2) is 0 Å². The highest BCUT2D eigenvalue weighted by Gasteiger charge is 2.27. The maximum Gasteiger partial charge on any atom is 0.230 e. The first-order chi connectivity index (χ1) is 9.58. The van der Waals surface area contributed by atoms with E-state index in [9.17, 15) is 4.79 Å². The van der Waals surface area contributed by atoms with Crippen molar-refractivity contribution >= 4 is 11.6 Å². The van der Waals surface area contributed by atoms with Crippen molar-refractivity contribution in [3.63, 3.8) is 0 Å². The molecule has 1 saturated carbocycles. The molecule has 0 radical (unpaired) electrons. The first kappa shape index (κ1) is 15.0. The minimum Gasteiger partial charge on any atom is -0.311 e. The Labute approximate surface area is 122 Å². The molecule has 1 aromatic carbocycles. The molecule has 1 amide bonds. The summed E-state index contributed by atoms with van der Waals surface area (Å²) in [7, 11) is 4.10. The van der Waals surface area contributed by atoms with E-state index in [0.29, 0.717) is 5.91 Å². The van der Waals surface area contributed by atoms with E-state index in [0.717, 1.165) is 31.6 Å². The molecule has 1 aliphatic rings. The molecule has 0 N–H and O–H groups in total. The van der Waals surface area contributed by atoms with Gasteiger partial charge in [0.2, 0.25) is 5.91 Å².